The van der Waals surface area contributed by atoms with Crippen molar-refractivity contribution in [2.75, 3.05) is 6.54 Å². The third-order valence-electron chi connectivity index (χ3n) is 5.41. The molecular weight excluding hydrogens is 517 g/mol. The summed E-state index contributed by atoms with van der Waals surface area (Å²) in [5, 5.41) is 17.1. The molecule has 0 aliphatic heterocycles. The minimum Gasteiger partial charge on any atom is -0.480 e. The minimum absolute atomic E-state index is 0.0343. The van der Waals surface area contributed by atoms with E-state index >= 15 is 0 Å². The molecule has 0 fully saturated rings. The standard InChI is InChI=1S/C25H32N3O9P/c1-16-3-5-18(6-4-16)13-14-26-23(30)12-11-21(25(32)33)28-24(31)22(27-17(2)29)15-19-7-9-20(10-8-19)37-38(34,35)36/h3-10,21-22H,11-15H2,1-2H3,(H,26,30)(H,27,29)(H,28,31)(H,32,33)(H2,34,35,36). The first-order chi connectivity index (χ1) is 17.8. The number of hydrogen-bond acceptors (Lipinski definition) is 6. The lowest BCUT2D eigenvalue weighted by Gasteiger charge is -2.21. The maximum absolute atomic E-state index is 12.8. The predicted octanol–water partition coefficient (Wildman–Crippen LogP) is 1.22. The van der Waals surface area contributed by atoms with Gasteiger partial charge >= 0.3 is 13.8 Å². The Hall–Kier alpha value is -3.73. The van der Waals surface area contributed by atoms with Gasteiger partial charge in [-0.05, 0) is 43.0 Å². The molecule has 0 bridgehead atoms. The molecule has 0 aliphatic carbocycles. The monoisotopic (exact) mass is 549 g/mol. The van der Waals surface area contributed by atoms with Gasteiger partial charge in [-0.1, -0.05) is 42.0 Å². The van der Waals surface area contributed by atoms with E-state index in [4.69, 9.17) is 9.79 Å². The molecule has 12 nitrogen and oxygen atoms in total. The van der Waals surface area contributed by atoms with E-state index in [2.05, 4.69) is 20.5 Å². The van der Waals surface area contributed by atoms with Crippen LogP contribution in [0, 0.1) is 6.92 Å². The number of carboxylic acids is 1. The summed E-state index contributed by atoms with van der Waals surface area (Å²) >= 11 is 0. The highest BCUT2D eigenvalue weighted by Crippen LogP contribution is 2.37. The van der Waals surface area contributed by atoms with Crippen LogP contribution in [0.1, 0.15) is 36.5 Å². The van der Waals surface area contributed by atoms with Crippen molar-refractivity contribution in [2.45, 2.75) is 51.6 Å². The molecule has 0 heterocycles. The Morgan fingerprint density at radius 2 is 1.53 bits per heavy atom. The number of carboxylic acid groups (broad SMARTS) is 1. The highest BCUT2D eigenvalue weighted by molar-refractivity contribution is 7.46. The van der Waals surface area contributed by atoms with Gasteiger partial charge in [0.2, 0.25) is 17.7 Å². The van der Waals surface area contributed by atoms with E-state index in [0.717, 1.165) is 11.1 Å². The molecule has 0 spiro atoms. The normalized spacial score (nSPS) is 12.6. The molecule has 2 rings (SSSR count). The van der Waals surface area contributed by atoms with E-state index in [1.54, 1.807) is 0 Å². The van der Waals surface area contributed by atoms with Gasteiger partial charge in [-0.15, -0.1) is 0 Å². The number of benzene rings is 2. The molecular formula is C25H32N3O9P. The summed E-state index contributed by atoms with van der Waals surface area (Å²) in [5.74, 6) is -3.06. The summed E-state index contributed by atoms with van der Waals surface area (Å²) in [7, 11) is -4.73. The van der Waals surface area contributed by atoms with Gasteiger partial charge in [0, 0.05) is 26.3 Å². The number of hydrogen-bond donors (Lipinski definition) is 6. The van der Waals surface area contributed by atoms with Crippen LogP contribution in [-0.4, -0.2) is 57.2 Å². The number of amides is 3. The van der Waals surface area contributed by atoms with Crippen molar-refractivity contribution in [3.8, 4) is 5.75 Å². The second-order valence-corrected chi connectivity index (χ2v) is 9.87. The summed E-state index contributed by atoms with van der Waals surface area (Å²) < 4.78 is 15.4. The number of nitrogens with one attached hydrogen (secondary N) is 3. The third-order valence-corrected chi connectivity index (χ3v) is 5.86. The van der Waals surface area contributed by atoms with Gasteiger partial charge in [-0.3, -0.25) is 24.2 Å². The first-order valence-corrected chi connectivity index (χ1v) is 13.3. The average molecular weight is 550 g/mol. The second-order valence-electron chi connectivity index (χ2n) is 8.71. The third kappa shape index (κ3) is 11.5. The van der Waals surface area contributed by atoms with Crippen molar-refractivity contribution in [3.05, 3.63) is 65.2 Å². The first kappa shape index (κ1) is 30.5. The van der Waals surface area contributed by atoms with Crippen LogP contribution in [0.5, 0.6) is 5.75 Å². The quantitative estimate of drug-likeness (QED) is 0.188. The van der Waals surface area contributed by atoms with Crippen molar-refractivity contribution in [2.24, 2.45) is 0 Å². The van der Waals surface area contributed by atoms with Crippen molar-refractivity contribution in [3.63, 3.8) is 0 Å². The van der Waals surface area contributed by atoms with E-state index in [-0.39, 0.29) is 30.9 Å². The maximum atomic E-state index is 12.8. The van der Waals surface area contributed by atoms with Crippen molar-refractivity contribution in [1.82, 2.24) is 16.0 Å². The van der Waals surface area contributed by atoms with Crippen LogP contribution in [0.25, 0.3) is 0 Å². The summed E-state index contributed by atoms with van der Waals surface area (Å²) in [4.78, 5) is 66.2. The SMILES string of the molecule is CC(=O)NC(Cc1ccc(OP(=O)(O)O)cc1)C(=O)NC(CCC(=O)NCCc1ccc(C)cc1)C(=O)O. The van der Waals surface area contributed by atoms with Crippen LogP contribution in [-0.2, 0) is 36.6 Å². The lowest BCUT2D eigenvalue weighted by atomic mass is 10.0. The zero-order chi connectivity index (χ0) is 28.3. The molecule has 2 unspecified atom stereocenters. The van der Waals surface area contributed by atoms with Gasteiger partial charge in [0.05, 0.1) is 0 Å². The number of carbonyl (C=O) groups is 4. The molecule has 2 aromatic carbocycles. The van der Waals surface area contributed by atoms with Crippen molar-refractivity contribution >= 4 is 31.5 Å². The maximum Gasteiger partial charge on any atom is 0.524 e. The van der Waals surface area contributed by atoms with E-state index in [1.807, 2.05) is 31.2 Å². The topological polar surface area (TPSA) is 191 Å². The number of aryl methyl sites for hydroxylation is 1. The van der Waals surface area contributed by atoms with E-state index in [1.165, 1.54) is 31.2 Å². The molecule has 206 valence electrons. The van der Waals surface area contributed by atoms with Crippen molar-refractivity contribution in [1.29, 1.82) is 0 Å². The Labute approximate surface area is 220 Å². The van der Waals surface area contributed by atoms with Crippen molar-refractivity contribution < 1.29 is 43.2 Å². The number of carbonyl (C=O) groups excluding carboxylic acids is 3. The molecule has 13 heteroatoms. The summed E-state index contributed by atoms with van der Waals surface area (Å²) in [6, 6.07) is 10.9. The van der Waals surface area contributed by atoms with Gasteiger partial charge < -0.3 is 25.6 Å². The number of phosphoric acid groups is 1. The van der Waals surface area contributed by atoms with E-state index in [0.29, 0.717) is 18.5 Å². The Kier molecular flexibility index (Phi) is 11.5. The molecule has 0 aliphatic rings. The van der Waals surface area contributed by atoms with E-state index in [9.17, 15) is 28.8 Å². The van der Waals surface area contributed by atoms with Crippen LogP contribution in [0.3, 0.4) is 0 Å². The second kappa shape index (κ2) is 14.3. The Bertz CT molecular complexity index is 1160. The lowest BCUT2D eigenvalue weighted by Crippen LogP contribution is -2.52. The Morgan fingerprint density at radius 3 is 2.08 bits per heavy atom. The van der Waals surface area contributed by atoms with Gasteiger partial charge in [0.25, 0.3) is 0 Å². The van der Waals surface area contributed by atoms with Gasteiger partial charge in [-0.25, -0.2) is 9.36 Å². The average Bonchev–Trinajstić information content (AvgIpc) is 2.82. The lowest BCUT2D eigenvalue weighted by molar-refractivity contribution is -0.142. The van der Waals surface area contributed by atoms with Crippen LogP contribution in [0.4, 0.5) is 0 Å². The number of rotatable bonds is 14. The predicted molar refractivity (Wildman–Crippen MR) is 137 cm³/mol. The molecule has 3 amide bonds. The fraction of sp³-hybridized carbons (Fsp3) is 0.360. The first-order valence-electron chi connectivity index (χ1n) is 11.8. The fourth-order valence-corrected chi connectivity index (χ4v) is 3.90. The molecule has 6 N–H and O–H groups in total. The van der Waals surface area contributed by atoms with Gasteiger partial charge in [-0.2, -0.15) is 0 Å². The smallest absolute Gasteiger partial charge is 0.480 e. The minimum atomic E-state index is -4.73. The zero-order valence-corrected chi connectivity index (χ0v) is 21.9. The molecule has 0 radical (unpaired) electrons. The Morgan fingerprint density at radius 1 is 0.921 bits per heavy atom. The Balaban J connectivity index is 1.92. The zero-order valence-electron chi connectivity index (χ0n) is 21.0. The molecule has 2 aromatic rings. The van der Waals surface area contributed by atoms with Crippen LogP contribution < -0.4 is 20.5 Å². The summed E-state index contributed by atoms with van der Waals surface area (Å²) in [6.07, 6.45) is 0.305. The molecule has 38 heavy (non-hydrogen) atoms. The van der Waals surface area contributed by atoms with Crippen LogP contribution >= 0.6 is 7.82 Å². The summed E-state index contributed by atoms with van der Waals surface area (Å²) in [6.45, 7) is 3.56. The molecule has 0 saturated carbocycles. The fourth-order valence-electron chi connectivity index (χ4n) is 3.51. The summed E-state index contributed by atoms with van der Waals surface area (Å²) in [5.41, 5.74) is 2.70. The number of phosphoric ester groups is 1. The molecule has 0 aromatic heterocycles. The van der Waals surface area contributed by atoms with Crippen LogP contribution in [0.2, 0.25) is 0 Å². The molecule has 2 atom stereocenters. The van der Waals surface area contributed by atoms with Gasteiger partial charge in [0.15, 0.2) is 0 Å². The highest BCUT2D eigenvalue weighted by Gasteiger charge is 2.27. The highest BCUT2D eigenvalue weighted by atomic mass is 31.2. The van der Waals surface area contributed by atoms with E-state index < -0.39 is 37.7 Å². The molecule has 0 saturated heterocycles. The van der Waals surface area contributed by atoms with Crippen LogP contribution in [0.15, 0.2) is 48.5 Å². The number of aliphatic carboxylic acids is 1. The largest absolute Gasteiger partial charge is 0.524 e. The van der Waals surface area contributed by atoms with Gasteiger partial charge in [0.1, 0.15) is 17.8 Å².